The molecule has 0 amide bonds. The molecular formula is C18H17ClN2. The fraction of sp³-hybridized carbons (Fsp3) is 0.167. The quantitative estimate of drug-likeness (QED) is 0.748. The maximum atomic E-state index is 6.38. The molecule has 1 unspecified atom stereocenters. The summed E-state index contributed by atoms with van der Waals surface area (Å²) in [5.41, 5.74) is 4.28. The second-order valence-corrected chi connectivity index (χ2v) is 5.57. The second kappa shape index (κ2) is 5.84. The molecule has 1 atom stereocenters. The molecule has 0 bridgehead atoms. The largest absolute Gasteiger partial charge is 0.313 e. The monoisotopic (exact) mass is 296 g/mol. The predicted octanol–water partition coefficient (Wildman–Crippen LogP) is 4.84. The highest BCUT2D eigenvalue weighted by Crippen LogP contribution is 2.31. The van der Waals surface area contributed by atoms with E-state index in [1.807, 2.05) is 37.5 Å². The van der Waals surface area contributed by atoms with Crippen LogP contribution in [0.5, 0.6) is 0 Å². The molecule has 0 radical (unpaired) electrons. The van der Waals surface area contributed by atoms with Crippen molar-refractivity contribution in [1.29, 1.82) is 0 Å². The van der Waals surface area contributed by atoms with Crippen molar-refractivity contribution >= 4 is 22.5 Å². The number of aromatic nitrogens is 1. The summed E-state index contributed by atoms with van der Waals surface area (Å²) in [6, 6.07) is 16.7. The van der Waals surface area contributed by atoms with E-state index in [-0.39, 0.29) is 6.04 Å². The molecule has 0 aliphatic rings. The standard InChI is InChI=1S/C18H17ClN2/c1-12(20-2)13-7-8-17(19)16(10-13)15-9-14-5-3-4-6-18(14)21-11-15/h3-12,20H,1-2H3. The lowest BCUT2D eigenvalue weighted by Crippen LogP contribution is -2.12. The van der Waals surface area contributed by atoms with Crippen molar-refractivity contribution in [1.82, 2.24) is 10.3 Å². The minimum atomic E-state index is 0.287. The molecule has 0 aliphatic heterocycles. The maximum Gasteiger partial charge on any atom is 0.0702 e. The Bertz CT molecular complexity index is 783. The van der Waals surface area contributed by atoms with Gasteiger partial charge in [0.25, 0.3) is 0 Å². The number of nitrogens with zero attached hydrogens (tertiary/aromatic N) is 1. The van der Waals surface area contributed by atoms with Crippen LogP contribution in [0.25, 0.3) is 22.0 Å². The van der Waals surface area contributed by atoms with E-state index >= 15 is 0 Å². The van der Waals surface area contributed by atoms with Gasteiger partial charge in [0, 0.05) is 33.8 Å². The smallest absolute Gasteiger partial charge is 0.0702 e. The molecule has 0 saturated carbocycles. The number of pyridine rings is 1. The number of hydrogen-bond donors (Lipinski definition) is 1. The van der Waals surface area contributed by atoms with Crippen molar-refractivity contribution in [2.24, 2.45) is 0 Å². The minimum absolute atomic E-state index is 0.287. The van der Waals surface area contributed by atoms with Crippen LogP contribution in [0.1, 0.15) is 18.5 Å². The van der Waals surface area contributed by atoms with E-state index in [0.29, 0.717) is 0 Å². The minimum Gasteiger partial charge on any atom is -0.313 e. The third kappa shape index (κ3) is 2.78. The number of nitrogens with one attached hydrogen (secondary N) is 1. The topological polar surface area (TPSA) is 24.9 Å². The summed E-state index contributed by atoms with van der Waals surface area (Å²) in [5, 5.41) is 5.12. The van der Waals surface area contributed by atoms with Crippen LogP contribution < -0.4 is 5.32 Å². The molecule has 2 nitrogen and oxygen atoms in total. The van der Waals surface area contributed by atoms with Crippen LogP contribution in [0.15, 0.2) is 54.7 Å². The summed E-state index contributed by atoms with van der Waals surface area (Å²) in [6.07, 6.45) is 1.89. The Morgan fingerprint density at radius 1 is 1.10 bits per heavy atom. The zero-order chi connectivity index (χ0) is 14.8. The number of hydrogen-bond acceptors (Lipinski definition) is 2. The Morgan fingerprint density at radius 2 is 1.90 bits per heavy atom. The maximum absolute atomic E-state index is 6.38. The van der Waals surface area contributed by atoms with Crippen molar-refractivity contribution in [3.63, 3.8) is 0 Å². The molecular weight excluding hydrogens is 280 g/mol. The average Bonchev–Trinajstić information content (AvgIpc) is 2.54. The summed E-state index contributed by atoms with van der Waals surface area (Å²) in [4.78, 5) is 4.52. The molecule has 0 fully saturated rings. The molecule has 3 aromatic rings. The fourth-order valence-electron chi connectivity index (χ4n) is 2.42. The molecule has 3 heteroatoms. The summed E-state index contributed by atoms with van der Waals surface area (Å²) < 4.78 is 0. The molecule has 1 N–H and O–H groups in total. The van der Waals surface area contributed by atoms with Crippen LogP contribution >= 0.6 is 11.6 Å². The summed E-state index contributed by atoms with van der Waals surface area (Å²) in [5.74, 6) is 0. The first-order valence-corrected chi connectivity index (χ1v) is 7.38. The van der Waals surface area contributed by atoms with Crippen molar-refractivity contribution in [2.75, 3.05) is 7.05 Å². The van der Waals surface area contributed by atoms with Gasteiger partial charge < -0.3 is 5.32 Å². The van der Waals surface area contributed by atoms with Gasteiger partial charge in [-0.15, -0.1) is 0 Å². The lowest BCUT2D eigenvalue weighted by atomic mass is 10.00. The number of para-hydroxylation sites is 1. The SMILES string of the molecule is CNC(C)c1ccc(Cl)c(-c2cnc3ccccc3c2)c1. The fourth-order valence-corrected chi connectivity index (χ4v) is 2.65. The Labute approximate surface area is 129 Å². The highest BCUT2D eigenvalue weighted by molar-refractivity contribution is 6.33. The van der Waals surface area contributed by atoms with Crippen LogP contribution in [0.2, 0.25) is 5.02 Å². The number of rotatable bonds is 3. The highest BCUT2D eigenvalue weighted by atomic mass is 35.5. The lowest BCUT2D eigenvalue weighted by molar-refractivity contribution is 0.652. The van der Waals surface area contributed by atoms with Crippen molar-refractivity contribution in [3.8, 4) is 11.1 Å². The lowest BCUT2D eigenvalue weighted by Gasteiger charge is -2.13. The van der Waals surface area contributed by atoms with Crippen molar-refractivity contribution in [3.05, 3.63) is 65.3 Å². The number of halogens is 1. The van der Waals surface area contributed by atoms with Gasteiger partial charge in [0.1, 0.15) is 0 Å². The van der Waals surface area contributed by atoms with E-state index in [0.717, 1.165) is 27.1 Å². The normalized spacial score (nSPS) is 12.5. The van der Waals surface area contributed by atoms with Gasteiger partial charge in [-0.25, -0.2) is 0 Å². The van der Waals surface area contributed by atoms with E-state index < -0.39 is 0 Å². The zero-order valence-electron chi connectivity index (χ0n) is 12.1. The van der Waals surface area contributed by atoms with Gasteiger partial charge in [-0.1, -0.05) is 35.9 Å². The van der Waals surface area contributed by atoms with E-state index in [9.17, 15) is 0 Å². The van der Waals surface area contributed by atoms with Crippen LogP contribution in [0.3, 0.4) is 0 Å². The first kappa shape index (κ1) is 14.1. The van der Waals surface area contributed by atoms with Crippen molar-refractivity contribution < 1.29 is 0 Å². The van der Waals surface area contributed by atoms with E-state index in [4.69, 9.17) is 11.6 Å². The molecule has 3 rings (SSSR count). The van der Waals surface area contributed by atoms with Crippen LogP contribution in [0, 0.1) is 0 Å². The van der Waals surface area contributed by atoms with E-state index in [1.54, 1.807) is 0 Å². The zero-order valence-corrected chi connectivity index (χ0v) is 12.9. The van der Waals surface area contributed by atoms with Gasteiger partial charge in [-0.2, -0.15) is 0 Å². The first-order valence-electron chi connectivity index (χ1n) is 7.01. The van der Waals surface area contributed by atoms with Crippen LogP contribution in [-0.2, 0) is 0 Å². The van der Waals surface area contributed by atoms with Gasteiger partial charge in [-0.05, 0) is 43.8 Å². The molecule has 0 saturated heterocycles. The Morgan fingerprint density at radius 3 is 2.71 bits per heavy atom. The van der Waals surface area contributed by atoms with Crippen molar-refractivity contribution in [2.45, 2.75) is 13.0 Å². The van der Waals surface area contributed by atoms with Crippen LogP contribution in [-0.4, -0.2) is 12.0 Å². The Kier molecular flexibility index (Phi) is 3.91. The van der Waals surface area contributed by atoms with Gasteiger partial charge >= 0.3 is 0 Å². The van der Waals surface area contributed by atoms with E-state index in [2.05, 4.69) is 41.5 Å². The van der Waals surface area contributed by atoms with Gasteiger partial charge in [-0.3, -0.25) is 4.98 Å². The molecule has 0 aliphatic carbocycles. The Balaban J connectivity index is 2.12. The summed E-state index contributed by atoms with van der Waals surface area (Å²) in [6.45, 7) is 2.13. The molecule has 0 spiro atoms. The average molecular weight is 297 g/mol. The van der Waals surface area contributed by atoms with Crippen LogP contribution in [0.4, 0.5) is 0 Å². The second-order valence-electron chi connectivity index (χ2n) is 5.17. The number of benzene rings is 2. The predicted molar refractivity (Wildman–Crippen MR) is 89.7 cm³/mol. The first-order chi connectivity index (χ1) is 10.2. The third-order valence-electron chi connectivity index (χ3n) is 3.82. The summed E-state index contributed by atoms with van der Waals surface area (Å²) >= 11 is 6.38. The molecule has 106 valence electrons. The van der Waals surface area contributed by atoms with Gasteiger partial charge in [0.05, 0.1) is 5.52 Å². The molecule has 21 heavy (non-hydrogen) atoms. The number of fused-ring (bicyclic) bond motifs is 1. The van der Waals surface area contributed by atoms with Gasteiger partial charge in [0.2, 0.25) is 0 Å². The van der Waals surface area contributed by atoms with E-state index in [1.165, 1.54) is 5.56 Å². The Hall–Kier alpha value is -1.90. The highest BCUT2D eigenvalue weighted by Gasteiger charge is 2.09. The molecule has 2 aromatic carbocycles. The summed E-state index contributed by atoms with van der Waals surface area (Å²) in [7, 11) is 1.95. The molecule has 1 heterocycles. The van der Waals surface area contributed by atoms with Gasteiger partial charge in [0.15, 0.2) is 0 Å². The molecule has 1 aromatic heterocycles. The third-order valence-corrected chi connectivity index (χ3v) is 4.15.